The number of anilines is 1. The second-order valence-corrected chi connectivity index (χ2v) is 6.70. The molecule has 142 valence electrons. The van der Waals surface area contributed by atoms with Crippen LogP contribution >= 0.6 is 0 Å². The van der Waals surface area contributed by atoms with Gasteiger partial charge in [-0.15, -0.1) is 0 Å². The van der Waals surface area contributed by atoms with E-state index in [2.05, 4.69) is 18.3 Å². The average Bonchev–Trinajstić information content (AvgIpc) is 2.67. The van der Waals surface area contributed by atoms with Crippen molar-refractivity contribution in [3.63, 3.8) is 0 Å². The number of carbonyl (C=O) groups excluding carboxylic acids is 1. The third kappa shape index (κ3) is 5.82. The van der Waals surface area contributed by atoms with Crippen molar-refractivity contribution in [2.24, 2.45) is 5.92 Å². The van der Waals surface area contributed by atoms with Crippen LogP contribution in [0, 0.1) is 30.0 Å². The van der Waals surface area contributed by atoms with E-state index >= 15 is 0 Å². The number of benzene rings is 2. The highest BCUT2D eigenvalue weighted by molar-refractivity contribution is 5.92. The fourth-order valence-corrected chi connectivity index (χ4v) is 2.58. The van der Waals surface area contributed by atoms with Crippen LogP contribution in [0.25, 0.3) is 0 Å². The molecule has 0 spiro atoms. The number of nitrogens with one attached hydrogen (secondary N) is 1. The highest BCUT2D eigenvalue weighted by Gasteiger charge is 2.15. The van der Waals surface area contributed by atoms with Crippen molar-refractivity contribution in [3.05, 3.63) is 58.9 Å². The van der Waals surface area contributed by atoms with Crippen molar-refractivity contribution in [2.45, 2.75) is 40.0 Å². The van der Waals surface area contributed by atoms with Gasteiger partial charge >= 0.3 is 0 Å². The van der Waals surface area contributed by atoms with E-state index in [0.717, 1.165) is 24.8 Å². The smallest absolute Gasteiger partial charge is 0.230 e. The van der Waals surface area contributed by atoms with Crippen molar-refractivity contribution in [1.29, 1.82) is 5.26 Å². The third-order valence-corrected chi connectivity index (χ3v) is 4.38. The molecule has 0 aliphatic rings. The number of hydrogen-bond acceptors (Lipinski definition) is 3. The predicted molar refractivity (Wildman–Crippen MR) is 104 cm³/mol. The van der Waals surface area contributed by atoms with Gasteiger partial charge < -0.3 is 10.1 Å². The van der Waals surface area contributed by atoms with Crippen LogP contribution in [0.3, 0.4) is 0 Å². The zero-order valence-electron chi connectivity index (χ0n) is 16.0. The molecule has 0 aromatic heterocycles. The van der Waals surface area contributed by atoms with Gasteiger partial charge in [0.15, 0.2) is 0 Å². The Balaban J connectivity index is 1.97. The Kier molecular flexibility index (Phi) is 7.36. The van der Waals surface area contributed by atoms with E-state index in [0.29, 0.717) is 22.6 Å². The first kappa shape index (κ1) is 20.4. The van der Waals surface area contributed by atoms with E-state index in [1.165, 1.54) is 6.07 Å². The van der Waals surface area contributed by atoms with Gasteiger partial charge in [0.2, 0.25) is 5.91 Å². The molecule has 0 aliphatic heterocycles. The molecule has 2 aromatic carbocycles. The number of unbranched alkanes of at least 4 members (excludes halogenated alkanes) is 1. The van der Waals surface area contributed by atoms with Gasteiger partial charge in [0.05, 0.1) is 24.2 Å². The lowest BCUT2D eigenvalue weighted by Gasteiger charge is -2.15. The van der Waals surface area contributed by atoms with Crippen molar-refractivity contribution < 1.29 is 13.9 Å². The van der Waals surface area contributed by atoms with Crippen molar-refractivity contribution in [1.82, 2.24) is 0 Å². The van der Waals surface area contributed by atoms with Crippen molar-refractivity contribution >= 4 is 11.6 Å². The molecule has 0 saturated heterocycles. The van der Waals surface area contributed by atoms with Crippen LogP contribution in [0.2, 0.25) is 0 Å². The number of hydrogen-bond donors (Lipinski definition) is 1. The minimum atomic E-state index is -0.413. The fourth-order valence-electron chi connectivity index (χ4n) is 2.58. The van der Waals surface area contributed by atoms with Crippen molar-refractivity contribution in [2.75, 3.05) is 11.9 Å². The lowest BCUT2D eigenvalue weighted by molar-refractivity contribution is -0.120. The molecule has 4 nitrogen and oxygen atoms in total. The summed E-state index contributed by atoms with van der Waals surface area (Å²) in [5, 5.41) is 12.1. The van der Waals surface area contributed by atoms with Crippen LogP contribution in [0.5, 0.6) is 5.75 Å². The molecule has 0 aliphatic carbocycles. The SMILES string of the molecule is CCCCc1cc(NC(=O)C(C)COc2ccc(C)c(F)c2)ccc1C#N. The molecule has 0 bridgehead atoms. The maximum Gasteiger partial charge on any atom is 0.230 e. The average molecular weight is 368 g/mol. The van der Waals surface area contributed by atoms with Crippen LogP contribution in [0.15, 0.2) is 36.4 Å². The summed E-state index contributed by atoms with van der Waals surface area (Å²) in [4.78, 5) is 12.4. The summed E-state index contributed by atoms with van der Waals surface area (Å²) in [5.74, 6) is -0.530. The summed E-state index contributed by atoms with van der Waals surface area (Å²) >= 11 is 0. The molecule has 2 rings (SSSR count). The lowest BCUT2D eigenvalue weighted by atomic mass is 10.0. The first-order chi connectivity index (χ1) is 12.9. The molecule has 0 fully saturated rings. The molecular weight excluding hydrogens is 343 g/mol. The zero-order chi connectivity index (χ0) is 19.8. The van der Waals surface area contributed by atoms with E-state index in [1.807, 2.05) is 6.07 Å². The number of carbonyl (C=O) groups is 1. The molecule has 0 heterocycles. The summed E-state index contributed by atoms with van der Waals surface area (Å²) < 4.78 is 19.1. The zero-order valence-corrected chi connectivity index (χ0v) is 16.0. The number of amides is 1. The van der Waals surface area contributed by atoms with Crippen LogP contribution in [0.4, 0.5) is 10.1 Å². The second-order valence-electron chi connectivity index (χ2n) is 6.70. The number of nitrogens with zero attached hydrogens (tertiary/aromatic N) is 1. The van der Waals surface area contributed by atoms with Gasteiger partial charge in [0.25, 0.3) is 0 Å². The standard InChI is InChI=1S/C22H25FN2O2/c1-4-5-6-17-11-19(9-8-18(17)13-24)25-22(26)16(3)14-27-20-10-7-15(2)21(23)12-20/h7-12,16H,4-6,14H2,1-3H3,(H,25,26). The summed E-state index contributed by atoms with van der Waals surface area (Å²) in [5.41, 5.74) is 2.79. The molecule has 1 N–H and O–H groups in total. The highest BCUT2D eigenvalue weighted by atomic mass is 19.1. The van der Waals surface area contributed by atoms with E-state index in [1.54, 1.807) is 38.1 Å². The van der Waals surface area contributed by atoms with E-state index in [-0.39, 0.29) is 18.3 Å². The van der Waals surface area contributed by atoms with Crippen LogP contribution < -0.4 is 10.1 Å². The minimum Gasteiger partial charge on any atom is -0.493 e. The molecule has 1 atom stereocenters. The predicted octanol–water partition coefficient (Wildman–Crippen LogP) is 5.00. The number of rotatable bonds is 8. The normalized spacial score (nSPS) is 11.5. The summed E-state index contributed by atoms with van der Waals surface area (Å²) in [6, 6.07) is 12.2. The van der Waals surface area contributed by atoms with Gasteiger partial charge in [-0.25, -0.2) is 4.39 Å². The first-order valence-corrected chi connectivity index (χ1v) is 9.17. The van der Waals surface area contributed by atoms with Crippen LogP contribution in [-0.2, 0) is 11.2 Å². The third-order valence-electron chi connectivity index (χ3n) is 4.38. The molecular formula is C22H25FN2O2. The number of nitriles is 1. The Bertz CT molecular complexity index is 843. The minimum absolute atomic E-state index is 0.146. The van der Waals surface area contributed by atoms with E-state index < -0.39 is 5.92 Å². The van der Waals surface area contributed by atoms with Crippen LogP contribution in [-0.4, -0.2) is 12.5 Å². The summed E-state index contributed by atoms with van der Waals surface area (Å²) in [7, 11) is 0. The van der Waals surface area contributed by atoms with Gasteiger partial charge in [-0.2, -0.15) is 5.26 Å². The van der Waals surface area contributed by atoms with Crippen molar-refractivity contribution in [3.8, 4) is 11.8 Å². The van der Waals surface area contributed by atoms with Gasteiger partial charge in [-0.3, -0.25) is 4.79 Å². The van der Waals surface area contributed by atoms with E-state index in [9.17, 15) is 14.4 Å². The Morgan fingerprint density at radius 2 is 2.07 bits per heavy atom. The quantitative estimate of drug-likeness (QED) is 0.713. The molecule has 5 heteroatoms. The summed E-state index contributed by atoms with van der Waals surface area (Å²) in [6.45, 7) is 5.68. The Morgan fingerprint density at radius 3 is 2.74 bits per heavy atom. The first-order valence-electron chi connectivity index (χ1n) is 9.17. The number of aryl methyl sites for hydroxylation is 2. The van der Waals surface area contributed by atoms with Gasteiger partial charge in [-0.05, 0) is 55.2 Å². The topological polar surface area (TPSA) is 62.1 Å². The fraction of sp³-hybridized carbons (Fsp3) is 0.364. The lowest BCUT2D eigenvalue weighted by Crippen LogP contribution is -2.25. The molecule has 2 aromatic rings. The molecule has 0 saturated carbocycles. The monoisotopic (exact) mass is 368 g/mol. The van der Waals surface area contributed by atoms with Crippen LogP contribution in [0.1, 0.15) is 43.4 Å². The maximum absolute atomic E-state index is 13.6. The molecule has 27 heavy (non-hydrogen) atoms. The second kappa shape index (κ2) is 9.72. The Hall–Kier alpha value is -2.87. The largest absolute Gasteiger partial charge is 0.493 e. The summed E-state index contributed by atoms with van der Waals surface area (Å²) in [6.07, 6.45) is 2.83. The Labute approximate surface area is 160 Å². The van der Waals surface area contributed by atoms with E-state index in [4.69, 9.17) is 4.74 Å². The van der Waals surface area contributed by atoms with Gasteiger partial charge in [-0.1, -0.05) is 26.3 Å². The molecule has 1 unspecified atom stereocenters. The number of ether oxygens (including phenoxy) is 1. The maximum atomic E-state index is 13.6. The van der Waals surface area contributed by atoms with Gasteiger partial charge in [0, 0.05) is 11.8 Å². The number of halogens is 1. The molecule has 1 amide bonds. The highest BCUT2D eigenvalue weighted by Crippen LogP contribution is 2.20. The van der Waals surface area contributed by atoms with Gasteiger partial charge in [0.1, 0.15) is 11.6 Å². The Morgan fingerprint density at radius 1 is 1.30 bits per heavy atom. The molecule has 0 radical (unpaired) electrons.